The van der Waals surface area contributed by atoms with E-state index in [0.717, 1.165) is 11.5 Å². The van der Waals surface area contributed by atoms with Gasteiger partial charge in [-0.2, -0.15) is 0 Å². The molecule has 0 fully saturated rings. The molecule has 0 bridgehead atoms. The first-order valence-electron chi connectivity index (χ1n) is 10.5. The van der Waals surface area contributed by atoms with Crippen LogP contribution in [0.25, 0.3) is 0 Å². The predicted molar refractivity (Wildman–Crippen MR) is 130 cm³/mol. The van der Waals surface area contributed by atoms with Crippen LogP contribution in [-0.2, 0) is 10.0 Å². The molecule has 0 amide bonds. The number of rotatable bonds is 10. The lowest BCUT2D eigenvalue weighted by atomic mass is 10.3. The molecular formula is C23H29N5O4S. The fourth-order valence-electron chi connectivity index (χ4n) is 3.06. The van der Waals surface area contributed by atoms with Gasteiger partial charge in [0, 0.05) is 37.6 Å². The lowest BCUT2D eigenvalue weighted by Gasteiger charge is -2.15. The number of ether oxygens (including phenoxy) is 2. The van der Waals surface area contributed by atoms with Crippen LogP contribution in [0.4, 0.5) is 23.0 Å². The predicted octanol–water partition coefficient (Wildman–Crippen LogP) is 4.19. The van der Waals surface area contributed by atoms with Gasteiger partial charge in [0.2, 0.25) is 0 Å². The average Bonchev–Trinajstić information content (AvgIpc) is 2.75. The molecule has 0 aliphatic heterocycles. The standard InChI is InChI=1S/C23H29N5O4S/c1-6-31-19-12-13-21(20(14-19)32-7-2)33(29,30)27-18-10-8-17(9-11-18)26-22-15-23(28(4)5)25-16(3)24-22/h8-15,27H,6-7H2,1-5H3,(H,24,25,26). The summed E-state index contributed by atoms with van der Waals surface area (Å²) in [5, 5.41) is 3.22. The zero-order valence-electron chi connectivity index (χ0n) is 19.4. The summed E-state index contributed by atoms with van der Waals surface area (Å²) in [4.78, 5) is 10.7. The molecule has 1 heterocycles. The Morgan fingerprint density at radius 2 is 1.58 bits per heavy atom. The largest absolute Gasteiger partial charge is 0.494 e. The van der Waals surface area contributed by atoms with Crippen LogP contribution in [0, 0.1) is 6.92 Å². The van der Waals surface area contributed by atoms with Crippen LogP contribution in [-0.4, -0.2) is 45.7 Å². The van der Waals surface area contributed by atoms with Crippen molar-refractivity contribution in [2.75, 3.05) is 42.2 Å². The highest BCUT2D eigenvalue weighted by molar-refractivity contribution is 7.92. The Kier molecular flexibility index (Phi) is 7.59. The Labute approximate surface area is 194 Å². The highest BCUT2D eigenvalue weighted by Crippen LogP contribution is 2.30. The molecule has 0 spiro atoms. The normalized spacial score (nSPS) is 11.1. The summed E-state index contributed by atoms with van der Waals surface area (Å²) in [5.41, 5.74) is 1.18. The van der Waals surface area contributed by atoms with Crippen molar-refractivity contribution in [2.24, 2.45) is 0 Å². The monoisotopic (exact) mass is 471 g/mol. The highest BCUT2D eigenvalue weighted by atomic mass is 32.2. The maximum Gasteiger partial charge on any atom is 0.265 e. The van der Waals surface area contributed by atoms with Gasteiger partial charge in [-0.25, -0.2) is 18.4 Å². The molecule has 0 saturated heterocycles. The van der Waals surface area contributed by atoms with E-state index in [4.69, 9.17) is 9.47 Å². The SMILES string of the molecule is CCOc1ccc(S(=O)(=O)Nc2ccc(Nc3cc(N(C)C)nc(C)n3)cc2)c(OCC)c1. The van der Waals surface area contributed by atoms with Crippen LogP contribution < -0.4 is 24.4 Å². The van der Waals surface area contributed by atoms with E-state index in [-0.39, 0.29) is 10.6 Å². The van der Waals surface area contributed by atoms with Crippen molar-refractivity contribution in [3.63, 3.8) is 0 Å². The maximum absolute atomic E-state index is 13.0. The molecule has 0 atom stereocenters. The second-order valence-corrected chi connectivity index (χ2v) is 8.99. The second kappa shape index (κ2) is 10.4. The zero-order valence-corrected chi connectivity index (χ0v) is 20.2. The molecule has 3 rings (SSSR count). The summed E-state index contributed by atoms with van der Waals surface area (Å²) in [6, 6.07) is 13.4. The van der Waals surface area contributed by atoms with E-state index < -0.39 is 10.0 Å². The third-order valence-corrected chi connectivity index (χ3v) is 5.93. The number of hydrogen-bond acceptors (Lipinski definition) is 8. The number of nitrogens with one attached hydrogen (secondary N) is 2. The molecule has 9 nitrogen and oxygen atoms in total. The summed E-state index contributed by atoms with van der Waals surface area (Å²) in [6.07, 6.45) is 0. The number of anilines is 4. The van der Waals surface area contributed by atoms with Crippen molar-refractivity contribution in [1.29, 1.82) is 0 Å². The van der Waals surface area contributed by atoms with Crippen LogP contribution in [0.5, 0.6) is 11.5 Å². The summed E-state index contributed by atoms with van der Waals surface area (Å²) in [5.74, 6) is 2.87. The van der Waals surface area contributed by atoms with Crippen molar-refractivity contribution in [3.8, 4) is 11.5 Å². The van der Waals surface area contributed by atoms with Crippen molar-refractivity contribution >= 4 is 33.0 Å². The summed E-state index contributed by atoms with van der Waals surface area (Å²) in [7, 11) is -0.0465. The van der Waals surface area contributed by atoms with Crippen molar-refractivity contribution < 1.29 is 17.9 Å². The fourth-order valence-corrected chi connectivity index (χ4v) is 4.25. The van der Waals surface area contributed by atoms with Crippen LogP contribution >= 0.6 is 0 Å². The van der Waals surface area contributed by atoms with E-state index >= 15 is 0 Å². The van der Waals surface area contributed by atoms with Crippen LogP contribution in [0.2, 0.25) is 0 Å². The van der Waals surface area contributed by atoms with E-state index in [9.17, 15) is 8.42 Å². The molecule has 33 heavy (non-hydrogen) atoms. The minimum atomic E-state index is -3.87. The molecule has 1 aromatic heterocycles. The van der Waals surface area contributed by atoms with Gasteiger partial charge in [0.05, 0.1) is 13.2 Å². The number of nitrogens with zero attached hydrogens (tertiary/aromatic N) is 3. The smallest absolute Gasteiger partial charge is 0.265 e. The van der Waals surface area contributed by atoms with E-state index in [1.165, 1.54) is 6.07 Å². The number of benzene rings is 2. The van der Waals surface area contributed by atoms with Gasteiger partial charge in [-0.05, 0) is 57.2 Å². The fraction of sp³-hybridized carbons (Fsp3) is 0.304. The third-order valence-electron chi connectivity index (χ3n) is 4.51. The van der Waals surface area contributed by atoms with Gasteiger partial charge in [0.1, 0.15) is 33.9 Å². The van der Waals surface area contributed by atoms with E-state index in [1.807, 2.05) is 38.9 Å². The Balaban J connectivity index is 1.78. The lowest BCUT2D eigenvalue weighted by molar-refractivity contribution is 0.317. The topological polar surface area (TPSA) is 106 Å². The molecule has 0 aliphatic carbocycles. The molecule has 2 N–H and O–H groups in total. The first-order chi connectivity index (χ1) is 15.7. The van der Waals surface area contributed by atoms with Crippen LogP contribution in [0.15, 0.2) is 53.4 Å². The Morgan fingerprint density at radius 3 is 2.21 bits per heavy atom. The number of hydrogen-bond donors (Lipinski definition) is 2. The van der Waals surface area contributed by atoms with Crippen molar-refractivity contribution in [2.45, 2.75) is 25.7 Å². The van der Waals surface area contributed by atoms with Crippen LogP contribution in [0.3, 0.4) is 0 Å². The van der Waals surface area contributed by atoms with E-state index in [1.54, 1.807) is 43.3 Å². The minimum absolute atomic E-state index is 0.0441. The molecule has 2 aromatic carbocycles. The molecule has 0 unspecified atom stereocenters. The van der Waals surface area contributed by atoms with Gasteiger partial charge in [0.15, 0.2) is 0 Å². The molecule has 3 aromatic rings. The van der Waals surface area contributed by atoms with Gasteiger partial charge in [-0.3, -0.25) is 4.72 Å². The lowest BCUT2D eigenvalue weighted by Crippen LogP contribution is -2.14. The summed E-state index contributed by atoms with van der Waals surface area (Å²) >= 11 is 0. The van der Waals surface area contributed by atoms with Gasteiger partial charge < -0.3 is 19.7 Å². The summed E-state index contributed by atoms with van der Waals surface area (Å²) < 4.78 is 39.6. The molecule has 0 aliphatic rings. The first-order valence-corrected chi connectivity index (χ1v) is 12.0. The number of sulfonamides is 1. The van der Waals surface area contributed by atoms with Gasteiger partial charge in [0.25, 0.3) is 10.0 Å². The number of aryl methyl sites for hydroxylation is 1. The Morgan fingerprint density at radius 1 is 0.909 bits per heavy atom. The van der Waals surface area contributed by atoms with E-state index in [0.29, 0.717) is 36.3 Å². The molecular weight excluding hydrogens is 442 g/mol. The Bertz CT molecular complexity index is 1200. The van der Waals surface area contributed by atoms with Crippen molar-refractivity contribution in [1.82, 2.24) is 9.97 Å². The zero-order chi connectivity index (χ0) is 24.0. The first kappa shape index (κ1) is 24.1. The van der Waals surface area contributed by atoms with Crippen LogP contribution in [0.1, 0.15) is 19.7 Å². The molecule has 0 radical (unpaired) electrons. The second-order valence-electron chi connectivity index (χ2n) is 7.34. The maximum atomic E-state index is 13.0. The Hall–Kier alpha value is -3.53. The van der Waals surface area contributed by atoms with Gasteiger partial charge >= 0.3 is 0 Å². The van der Waals surface area contributed by atoms with E-state index in [2.05, 4.69) is 20.0 Å². The minimum Gasteiger partial charge on any atom is -0.494 e. The van der Waals surface area contributed by atoms with Gasteiger partial charge in [-0.1, -0.05) is 0 Å². The third kappa shape index (κ3) is 6.26. The van der Waals surface area contributed by atoms with Crippen molar-refractivity contribution in [3.05, 3.63) is 54.4 Å². The summed E-state index contributed by atoms with van der Waals surface area (Å²) in [6.45, 7) is 6.28. The average molecular weight is 472 g/mol. The molecule has 10 heteroatoms. The highest BCUT2D eigenvalue weighted by Gasteiger charge is 2.21. The number of aromatic nitrogens is 2. The van der Waals surface area contributed by atoms with Gasteiger partial charge in [-0.15, -0.1) is 0 Å². The molecule has 176 valence electrons. The molecule has 0 saturated carbocycles. The quantitative estimate of drug-likeness (QED) is 0.453.